The number of hydrogen-bond donors (Lipinski definition) is 2. The Labute approximate surface area is 168 Å². The SMILES string of the molecule is CC1CC[C@@H]2C(CO1)[C@H]([C@@H](C)[C@H](O)OCc1ccc(C(N)=O)cc1)CC[C@H]2C. The van der Waals surface area contributed by atoms with Crippen LogP contribution in [0.1, 0.15) is 62.4 Å². The van der Waals surface area contributed by atoms with Crippen LogP contribution in [0.15, 0.2) is 24.3 Å². The smallest absolute Gasteiger partial charge is 0.248 e. The van der Waals surface area contributed by atoms with Crippen LogP contribution in [-0.2, 0) is 16.1 Å². The minimum absolute atomic E-state index is 0.0573. The predicted octanol–water partition coefficient (Wildman–Crippen LogP) is 3.73. The van der Waals surface area contributed by atoms with Crippen molar-refractivity contribution in [2.75, 3.05) is 6.61 Å². The summed E-state index contributed by atoms with van der Waals surface area (Å²) < 4.78 is 11.9. The highest BCUT2D eigenvalue weighted by Crippen LogP contribution is 2.46. The van der Waals surface area contributed by atoms with Gasteiger partial charge in [0.25, 0.3) is 0 Å². The monoisotopic (exact) mass is 389 g/mol. The summed E-state index contributed by atoms with van der Waals surface area (Å²) >= 11 is 0. The number of aliphatic hydroxyl groups is 1. The molecule has 1 aromatic rings. The normalized spacial score (nSPS) is 32.8. The van der Waals surface area contributed by atoms with Gasteiger partial charge in [0.2, 0.25) is 5.91 Å². The van der Waals surface area contributed by atoms with E-state index in [1.807, 2.05) is 12.1 Å². The van der Waals surface area contributed by atoms with Crippen LogP contribution in [0.25, 0.3) is 0 Å². The highest BCUT2D eigenvalue weighted by molar-refractivity contribution is 5.92. The highest BCUT2D eigenvalue weighted by atomic mass is 16.6. The molecule has 156 valence electrons. The second-order valence-corrected chi connectivity index (χ2v) is 8.89. The molecule has 7 atom stereocenters. The summed E-state index contributed by atoms with van der Waals surface area (Å²) in [7, 11) is 0. The van der Waals surface area contributed by atoms with E-state index in [0.717, 1.165) is 30.9 Å². The van der Waals surface area contributed by atoms with Crippen molar-refractivity contribution in [1.82, 2.24) is 0 Å². The van der Waals surface area contributed by atoms with Crippen LogP contribution in [0.5, 0.6) is 0 Å². The first kappa shape index (κ1) is 21.3. The lowest BCUT2D eigenvalue weighted by atomic mass is 9.62. The molecule has 1 aromatic carbocycles. The van der Waals surface area contributed by atoms with Crippen molar-refractivity contribution in [2.45, 2.75) is 65.5 Å². The molecule has 0 radical (unpaired) electrons. The van der Waals surface area contributed by atoms with E-state index in [2.05, 4.69) is 20.8 Å². The molecule has 1 aliphatic heterocycles. The van der Waals surface area contributed by atoms with Gasteiger partial charge in [0.05, 0.1) is 19.3 Å². The molecule has 2 unspecified atom stereocenters. The van der Waals surface area contributed by atoms with Gasteiger partial charge < -0.3 is 20.3 Å². The number of carbonyl (C=O) groups excluding carboxylic acids is 1. The van der Waals surface area contributed by atoms with Gasteiger partial charge in [-0.1, -0.05) is 32.4 Å². The second-order valence-electron chi connectivity index (χ2n) is 8.89. The van der Waals surface area contributed by atoms with Gasteiger partial charge in [-0.05, 0) is 67.6 Å². The number of amides is 1. The maximum Gasteiger partial charge on any atom is 0.248 e. The van der Waals surface area contributed by atoms with Gasteiger partial charge >= 0.3 is 0 Å². The number of fused-ring (bicyclic) bond motifs is 1. The van der Waals surface area contributed by atoms with Gasteiger partial charge in [0.15, 0.2) is 6.29 Å². The van der Waals surface area contributed by atoms with Crippen molar-refractivity contribution in [2.24, 2.45) is 35.3 Å². The quantitative estimate of drug-likeness (QED) is 0.726. The standard InChI is InChI=1S/C23H35NO4/c1-14-4-10-20(21-13-27-15(2)5-11-19(14)21)16(3)23(26)28-12-17-6-8-18(9-7-17)22(24)25/h6-9,14-16,19-21,23,26H,4-5,10-13H2,1-3H3,(H2,24,25)/t14-,15?,16-,19+,20+,21?,23-/m1/s1. The molecular weight excluding hydrogens is 354 g/mol. The molecule has 3 N–H and O–H groups in total. The van der Waals surface area contributed by atoms with Crippen LogP contribution in [0.3, 0.4) is 0 Å². The minimum Gasteiger partial charge on any atom is -0.378 e. The van der Waals surface area contributed by atoms with Crippen LogP contribution < -0.4 is 5.73 Å². The highest BCUT2D eigenvalue weighted by Gasteiger charge is 2.42. The minimum atomic E-state index is -0.810. The fraction of sp³-hybridized carbons (Fsp3) is 0.696. The Morgan fingerprint density at radius 3 is 2.57 bits per heavy atom. The van der Waals surface area contributed by atoms with Crippen LogP contribution in [0, 0.1) is 29.6 Å². The number of carbonyl (C=O) groups is 1. The summed E-state index contributed by atoms with van der Waals surface area (Å²) in [5.74, 6) is 1.93. The summed E-state index contributed by atoms with van der Waals surface area (Å²) in [6.07, 6.45) is 4.21. The molecule has 1 amide bonds. The van der Waals surface area contributed by atoms with Crippen LogP contribution in [0.2, 0.25) is 0 Å². The van der Waals surface area contributed by atoms with Gasteiger partial charge in [-0.2, -0.15) is 0 Å². The Balaban J connectivity index is 1.60. The van der Waals surface area contributed by atoms with Crippen LogP contribution >= 0.6 is 0 Å². The number of nitrogens with two attached hydrogens (primary N) is 1. The average molecular weight is 390 g/mol. The van der Waals surface area contributed by atoms with Crippen molar-refractivity contribution >= 4 is 5.91 Å². The first-order valence-electron chi connectivity index (χ1n) is 10.7. The number of rotatable bonds is 6. The summed E-state index contributed by atoms with van der Waals surface area (Å²) in [4.78, 5) is 11.2. The Morgan fingerprint density at radius 2 is 1.89 bits per heavy atom. The van der Waals surface area contributed by atoms with E-state index in [-0.39, 0.29) is 5.92 Å². The number of ether oxygens (including phenoxy) is 2. The Kier molecular flexibility index (Phi) is 7.13. The van der Waals surface area contributed by atoms with E-state index in [0.29, 0.717) is 36.0 Å². The zero-order chi connectivity index (χ0) is 20.3. The maximum absolute atomic E-state index is 11.2. The van der Waals surface area contributed by atoms with E-state index in [9.17, 15) is 9.90 Å². The zero-order valence-corrected chi connectivity index (χ0v) is 17.3. The topological polar surface area (TPSA) is 81.8 Å². The fourth-order valence-corrected chi connectivity index (χ4v) is 5.12. The fourth-order valence-electron chi connectivity index (χ4n) is 5.12. The maximum atomic E-state index is 11.2. The van der Waals surface area contributed by atoms with Crippen molar-refractivity contribution in [1.29, 1.82) is 0 Å². The Bertz CT molecular complexity index is 647. The number of aliphatic hydroxyl groups excluding tert-OH is 1. The lowest BCUT2D eigenvalue weighted by Crippen LogP contribution is -2.42. The number of primary amides is 1. The molecule has 5 nitrogen and oxygen atoms in total. The molecule has 1 saturated heterocycles. The van der Waals surface area contributed by atoms with E-state index in [4.69, 9.17) is 15.2 Å². The predicted molar refractivity (Wildman–Crippen MR) is 108 cm³/mol. The van der Waals surface area contributed by atoms with Crippen LogP contribution in [0.4, 0.5) is 0 Å². The van der Waals surface area contributed by atoms with Crippen molar-refractivity contribution in [3.63, 3.8) is 0 Å². The van der Waals surface area contributed by atoms with Crippen molar-refractivity contribution < 1.29 is 19.4 Å². The van der Waals surface area contributed by atoms with E-state index in [1.54, 1.807) is 12.1 Å². The van der Waals surface area contributed by atoms with Crippen molar-refractivity contribution in [3.8, 4) is 0 Å². The van der Waals surface area contributed by atoms with E-state index < -0.39 is 12.2 Å². The third kappa shape index (κ3) is 4.94. The molecule has 0 spiro atoms. The first-order chi connectivity index (χ1) is 13.4. The van der Waals surface area contributed by atoms with Gasteiger partial charge in [0, 0.05) is 11.5 Å². The van der Waals surface area contributed by atoms with Gasteiger partial charge in [-0.25, -0.2) is 0 Å². The summed E-state index contributed by atoms with van der Waals surface area (Å²) in [5, 5.41) is 10.7. The second kappa shape index (κ2) is 9.38. The molecule has 3 rings (SSSR count). The Morgan fingerprint density at radius 1 is 1.18 bits per heavy atom. The van der Waals surface area contributed by atoms with E-state index in [1.165, 1.54) is 12.8 Å². The van der Waals surface area contributed by atoms with Gasteiger partial charge in [-0.3, -0.25) is 4.79 Å². The summed E-state index contributed by atoms with van der Waals surface area (Å²) in [6.45, 7) is 7.76. The third-order valence-corrected chi connectivity index (χ3v) is 7.05. The third-order valence-electron chi connectivity index (χ3n) is 7.05. The Hall–Kier alpha value is -1.43. The lowest BCUT2D eigenvalue weighted by Gasteiger charge is -2.44. The first-order valence-corrected chi connectivity index (χ1v) is 10.7. The molecule has 2 fully saturated rings. The molecule has 5 heteroatoms. The van der Waals surface area contributed by atoms with Gasteiger partial charge in [-0.15, -0.1) is 0 Å². The molecule has 1 heterocycles. The molecule has 1 aliphatic carbocycles. The lowest BCUT2D eigenvalue weighted by molar-refractivity contribution is -0.164. The van der Waals surface area contributed by atoms with Gasteiger partial charge in [0.1, 0.15) is 0 Å². The summed E-state index contributed by atoms with van der Waals surface area (Å²) in [6, 6.07) is 7.01. The molecular formula is C23H35NO4. The number of hydrogen-bond acceptors (Lipinski definition) is 4. The zero-order valence-electron chi connectivity index (χ0n) is 17.3. The molecule has 1 saturated carbocycles. The average Bonchev–Trinajstić information content (AvgIpc) is 2.89. The molecule has 2 aliphatic rings. The number of benzene rings is 1. The summed E-state index contributed by atoms with van der Waals surface area (Å²) in [5.41, 5.74) is 6.66. The van der Waals surface area contributed by atoms with Crippen molar-refractivity contribution in [3.05, 3.63) is 35.4 Å². The molecule has 28 heavy (non-hydrogen) atoms. The molecule has 0 aromatic heterocycles. The van der Waals surface area contributed by atoms with Crippen LogP contribution in [-0.4, -0.2) is 30.0 Å². The largest absolute Gasteiger partial charge is 0.378 e. The van der Waals surface area contributed by atoms with E-state index >= 15 is 0 Å². The molecule has 0 bridgehead atoms.